The monoisotopic (exact) mass is 398 g/mol. The van der Waals surface area contributed by atoms with E-state index in [-0.39, 0.29) is 0 Å². The van der Waals surface area contributed by atoms with E-state index >= 15 is 0 Å². The second kappa shape index (κ2) is 7.38. The molecule has 0 saturated carbocycles. The Morgan fingerprint density at radius 3 is 2.59 bits per heavy atom. The van der Waals surface area contributed by atoms with Gasteiger partial charge in [0, 0.05) is 5.56 Å². The van der Waals surface area contributed by atoms with Gasteiger partial charge in [-0.05, 0) is 35.9 Å². The van der Waals surface area contributed by atoms with Crippen molar-refractivity contribution in [1.82, 2.24) is 19.8 Å². The van der Waals surface area contributed by atoms with Gasteiger partial charge in [0.1, 0.15) is 5.01 Å². The topological polar surface area (TPSA) is 61.5 Å². The molecule has 0 atom stereocenters. The lowest BCUT2D eigenvalue weighted by Crippen LogP contribution is -1.91. The maximum absolute atomic E-state index is 6.28. The number of aromatic nitrogens is 4. The van der Waals surface area contributed by atoms with Crippen LogP contribution in [0.25, 0.3) is 28.5 Å². The van der Waals surface area contributed by atoms with Gasteiger partial charge in [-0.2, -0.15) is 9.61 Å². The van der Waals surface area contributed by atoms with E-state index in [2.05, 4.69) is 15.3 Å². The molecular weight excluding hydrogens is 384 g/mol. The zero-order valence-corrected chi connectivity index (χ0v) is 16.2. The first-order valence-corrected chi connectivity index (χ1v) is 9.26. The minimum absolute atomic E-state index is 0.613. The Kier molecular flexibility index (Phi) is 4.79. The van der Waals surface area contributed by atoms with Crippen molar-refractivity contribution in [2.45, 2.75) is 0 Å². The molecule has 0 bridgehead atoms. The van der Waals surface area contributed by atoms with Gasteiger partial charge in [0.05, 0.1) is 19.2 Å². The molecule has 0 amide bonds. The van der Waals surface area contributed by atoms with Crippen molar-refractivity contribution in [3.05, 3.63) is 58.1 Å². The Balaban J connectivity index is 1.66. The first-order chi connectivity index (χ1) is 13.2. The molecule has 0 aliphatic rings. The highest BCUT2D eigenvalue weighted by atomic mass is 35.5. The van der Waals surface area contributed by atoms with Crippen molar-refractivity contribution >= 4 is 40.1 Å². The summed E-state index contributed by atoms with van der Waals surface area (Å²) in [6, 6.07) is 13.2. The minimum atomic E-state index is 0.613. The first-order valence-electron chi connectivity index (χ1n) is 8.07. The lowest BCUT2D eigenvalue weighted by atomic mass is 10.2. The zero-order chi connectivity index (χ0) is 18.8. The SMILES string of the molecule is COc1ccc(C=Cc2nn3c(-c4ccccc4Cl)nnc3s2)cc1OC. The van der Waals surface area contributed by atoms with Crippen LogP contribution in [0, 0.1) is 0 Å². The second-order valence-corrected chi connectivity index (χ2v) is 6.98. The van der Waals surface area contributed by atoms with Crippen molar-refractivity contribution in [3.8, 4) is 22.9 Å². The van der Waals surface area contributed by atoms with Crippen LogP contribution >= 0.6 is 22.9 Å². The lowest BCUT2D eigenvalue weighted by Gasteiger charge is -2.07. The van der Waals surface area contributed by atoms with Crippen LogP contribution in [-0.4, -0.2) is 34.0 Å². The number of rotatable bonds is 5. The lowest BCUT2D eigenvalue weighted by molar-refractivity contribution is 0.355. The van der Waals surface area contributed by atoms with E-state index in [1.54, 1.807) is 18.7 Å². The molecule has 8 heteroatoms. The maximum atomic E-state index is 6.28. The number of hydrogen-bond donors (Lipinski definition) is 0. The fourth-order valence-electron chi connectivity index (χ4n) is 2.63. The van der Waals surface area contributed by atoms with Crippen molar-refractivity contribution < 1.29 is 9.47 Å². The summed E-state index contributed by atoms with van der Waals surface area (Å²) >= 11 is 7.72. The van der Waals surface area contributed by atoms with E-state index in [0.29, 0.717) is 27.3 Å². The molecule has 6 nitrogen and oxygen atoms in total. The van der Waals surface area contributed by atoms with Crippen molar-refractivity contribution in [3.63, 3.8) is 0 Å². The molecule has 0 fully saturated rings. The highest BCUT2D eigenvalue weighted by Crippen LogP contribution is 2.30. The van der Waals surface area contributed by atoms with E-state index < -0.39 is 0 Å². The van der Waals surface area contributed by atoms with Crippen LogP contribution < -0.4 is 9.47 Å². The minimum Gasteiger partial charge on any atom is -0.493 e. The van der Waals surface area contributed by atoms with Gasteiger partial charge in [0.25, 0.3) is 0 Å². The van der Waals surface area contributed by atoms with Crippen molar-refractivity contribution in [1.29, 1.82) is 0 Å². The summed E-state index contributed by atoms with van der Waals surface area (Å²) in [5, 5.41) is 14.4. The number of ether oxygens (including phenoxy) is 2. The molecule has 2 aromatic heterocycles. The number of hydrogen-bond acceptors (Lipinski definition) is 6. The third-order valence-electron chi connectivity index (χ3n) is 3.95. The summed E-state index contributed by atoms with van der Waals surface area (Å²) < 4.78 is 12.3. The second-order valence-electron chi connectivity index (χ2n) is 5.59. The molecule has 27 heavy (non-hydrogen) atoms. The molecule has 0 saturated heterocycles. The predicted molar refractivity (Wildman–Crippen MR) is 108 cm³/mol. The molecule has 0 N–H and O–H groups in total. The third-order valence-corrected chi connectivity index (χ3v) is 5.14. The summed E-state index contributed by atoms with van der Waals surface area (Å²) in [6.45, 7) is 0. The Morgan fingerprint density at radius 1 is 1.00 bits per heavy atom. The molecule has 0 aliphatic carbocycles. The highest BCUT2D eigenvalue weighted by Gasteiger charge is 2.14. The van der Waals surface area contributed by atoms with Gasteiger partial charge >= 0.3 is 0 Å². The molecule has 0 unspecified atom stereocenters. The quantitative estimate of drug-likeness (QED) is 0.488. The van der Waals surface area contributed by atoms with E-state index in [1.165, 1.54) is 11.3 Å². The van der Waals surface area contributed by atoms with Crippen LogP contribution in [0.2, 0.25) is 5.02 Å². The largest absolute Gasteiger partial charge is 0.493 e. The predicted octanol–water partition coefficient (Wildman–Crippen LogP) is 4.69. The van der Waals surface area contributed by atoms with Crippen molar-refractivity contribution in [2.24, 2.45) is 0 Å². The molecule has 0 radical (unpaired) electrons. The molecule has 4 aromatic rings. The van der Waals surface area contributed by atoms with E-state index in [9.17, 15) is 0 Å². The van der Waals surface area contributed by atoms with Crippen LogP contribution in [0.3, 0.4) is 0 Å². The van der Waals surface area contributed by atoms with Crippen LogP contribution in [0.4, 0.5) is 0 Å². The standard InChI is InChI=1S/C19H15ClN4O2S/c1-25-15-9-7-12(11-16(15)26-2)8-10-17-23-24-18(21-22-19(24)27-17)13-5-3-4-6-14(13)20/h3-11H,1-2H3. The summed E-state index contributed by atoms with van der Waals surface area (Å²) in [6.07, 6.45) is 3.89. The highest BCUT2D eigenvalue weighted by molar-refractivity contribution is 7.17. The van der Waals surface area contributed by atoms with Crippen LogP contribution in [-0.2, 0) is 0 Å². The Hall–Kier alpha value is -2.90. The molecule has 4 rings (SSSR count). The number of nitrogens with zero attached hydrogens (tertiary/aromatic N) is 4. The van der Waals surface area contributed by atoms with Crippen LogP contribution in [0.1, 0.15) is 10.6 Å². The number of methoxy groups -OCH3 is 2. The number of halogens is 1. The fourth-order valence-corrected chi connectivity index (χ4v) is 3.59. The first kappa shape index (κ1) is 17.5. The Morgan fingerprint density at radius 2 is 1.81 bits per heavy atom. The van der Waals surface area contributed by atoms with Gasteiger partial charge in [-0.3, -0.25) is 0 Å². The van der Waals surface area contributed by atoms with E-state index in [0.717, 1.165) is 16.1 Å². The maximum Gasteiger partial charge on any atom is 0.235 e. The van der Waals surface area contributed by atoms with Gasteiger partial charge in [-0.1, -0.05) is 47.2 Å². The molecule has 2 aromatic carbocycles. The summed E-state index contributed by atoms with van der Waals surface area (Å²) in [7, 11) is 3.23. The summed E-state index contributed by atoms with van der Waals surface area (Å²) in [4.78, 5) is 0.705. The summed E-state index contributed by atoms with van der Waals surface area (Å²) in [5.41, 5.74) is 1.78. The molecule has 136 valence electrons. The molecule has 0 spiro atoms. The molecule has 0 aliphatic heterocycles. The average Bonchev–Trinajstić information content (AvgIpc) is 3.27. The van der Waals surface area contributed by atoms with Crippen molar-refractivity contribution in [2.75, 3.05) is 14.2 Å². The zero-order valence-electron chi connectivity index (χ0n) is 14.6. The summed E-state index contributed by atoms with van der Waals surface area (Å²) in [5.74, 6) is 1.99. The third kappa shape index (κ3) is 3.39. The smallest absolute Gasteiger partial charge is 0.235 e. The van der Waals surface area contributed by atoms with E-state index in [1.807, 2.05) is 54.6 Å². The molecule has 2 heterocycles. The van der Waals surface area contributed by atoms with Crippen LogP contribution in [0.15, 0.2) is 42.5 Å². The fraction of sp³-hybridized carbons (Fsp3) is 0.105. The normalized spacial score (nSPS) is 11.4. The van der Waals surface area contributed by atoms with Gasteiger partial charge in [-0.25, -0.2) is 0 Å². The van der Waals surface area contributed by atoms with E-state index in [4.69, 9.17) is 21.1 Å². The van der Waals surface area contributed by atoms with Crippen LogP contribution in [0.5, 0.6) is 11.5 Å². The average molecular weight is 399 g/mol. The van der Waals surface area contributed by atoms with Gasteiger partial charge in [0.2, 0.25) is 4.96 Å². The number of benzene rings is 2. The Labute approximate surface area is 164 Å². The van der Waals surface area contributed by atoms with Gasteiger partial charge in [-0.15, -0.1) is 10.2 Å². The van der Waals surface area contributed by atoms with Gasteiger partial charge in [0.15, 0.2) is 17.3 Å². The van der Waals surface area contributed by atoms with Gasteiger partial charge < -0.3 is 9.47 Å². The molecular formula is C19H15ClN4O2S. The Bertz CT molecular complexity index is 1140. The number of fused-ring (bicyclic) bond motifs is 1.